The van der Waals surface area contributed by atoms with Gasteiger partial charge in [-0.15, -0.1) is 0 Å². The van der Waals surface area contributed by atoms with E-state index in [1.807, 2.05) is 54.6 Å². The minimum absolute atomic E-state index is 0.113. The summed E-state index contributed by atoms with van der Waals surface area (Å²) in [4.78, 5) is 17.4. The van der Waals surface area contributed by atoms with E-state index in [1.54, 1.807) is 0 Å². The molecule has 3 N–H and O–H groups in total. The topological polar surface area (TPSA) is 67.8 Å². The lowest BCUT2D eigenvalue weighted by Gasteiger charge is -2.43. The van der Waals surface area contributed by atoms with Gasteiger partial charge in [-0.05, 0) is 59.5 Å². The molecule has 2 saturated heterocycles. The van der Waals surface area contributed by atoms with E-state index in [9.17, 15) is 9.90 Å². The molecule has 3 aromatic carbocycles. The van der Waals surface area contributed by atoms with Gasteiger partial charge in [0.25, 0.3) is 0 Å². The van der Waals surface area contributed by atoms with E-state index in [1.165, 1.54) is 5.39 Å². The van der Waals surface area contributed by atoms with Gasteiger partial charge in [0, 0.05) is 36.9 Å². The zero-order chi connectivity index (χ0) is 22.8. The molecule has 5 rings (SSSR count). The number of hydrogen-bond donors (Lipinski definition) is 3. The van der Waals surface area contributed by atoms with Gasteiger partial charge in [0.2, 0.25) is 5.91 Å². The summed E-state index contributed by atoms with van der Waals surface area (Å²) >= 11 is 6.05. The van der Waals surface area contributed by atoms with Gasteiger partial charge in [-0.2, -0.15) is 0 Å². The van der Waals surface area contributed by atoms with E-state index in [0.29, 0.717) is 18.2 Å². The molecule has 2 aliphatic rings. The molecule has 172 valence electrons. The van der Waals surface area contributed by atoms with E-state index in [4.69, 9.17) is 11.6 Å². The maximum atomic E-state index is 12.8. The Balaban J connectivity index is 1.15. The van der Waals surface area contributed by atoms with Gasteiger partial charge in [0.1, 0.15) is 11.8 Å². The van der Waals surface area contributed by atoms with E-state index in [-0.39, 0.29) is 5.91 Å². The predicted octanol–water partition coefficient (Wildman–Crippen LogP) is 3.50. The second kappa shape index (κ2) is 9.31. The number of rotatable bonds is 6. The Morgan fingerprint density at radius 2 is 1.76 bits per heavy atom. The summed E-state index contributed by atoms with van der Waals surface area (Å²) in [6.07, 6.45) is 0.843. The lowest BCUT2D eigenvalue weighted by Crippen LogP contribution is -2.57. The Bertz CT molecular complexity index is 1130. The highest BCUT2D eigenvalue weighted by molar-refractivity contribution is 6.30. The first kappa shape index (κ1) is 22.2. The zero-order valence-electron chi connectivity index (χ0n) is 18.5. The van der Waals surface area contributed by atoms with Gasteiger partial charge in [0.15, 0.2) is 0 Å². The number of piperidine rings is 1. The van der Waals surface area contributed by atoms with Crippen molar-refractivity contribution in [3.05, 3.63) is 77.3 Å². The predicted molar refractivity (Wildman–Crippen MR) is 132 cm³/mol. The molecule has 2 fully saturated rings. The maximum absolute atomic E-state index is 12.8. The van der Waals surface area contributed by atoms with E-state index in [0.717, 1.165) is 49.1 Å². The smallest absolute Gasteiger partial charge is 0.247 e. The van der Waals surface area contributed by atoms with Crippen LogP contribution in [0, 0.1) is 0 Å². The Labute approximate surface area is 199 Å². The van der Waals surface area contributed by atoms with E-state index in [2.05, 4.69) is 32.6 Å². The molecule has 6 nitrogen and oxygen atoms in total. The van der Waals surface area contributed by atoms with Crippen LogP contribution in [0.3, 0.4) is 0 Å². The van der Waals surface area contributed by atoms with Crippen LogP contribution >= 0.6 is 11.6 Å². The van der Waals surface area contributed by atoms with Crippen LogP contribution in [0.5, 0.6) is 0 Å². The molecule has 0 aliphatic carbocycles. The molecule has 3 aromatic rings. The van der Waals surface area contributed by atoms with Crippen molar-refractivity contribution >= 4 is 34.0 Å². The normalized spacial score (nSPS) is 19.2. The zero-order valence-corrected chi connectivity index (χ0v) is 19.3. The molecule has 1 unspecified atom stereocenters. The van der Waals surface area contributed by atoms with Crippen molar-refractivity contribution < 1.29 is 9.90 Å². The fourth-order valence-electron chi connectivity index (χ4n) is 5.05. The number of hydrogen-bond acceptors (Lipinski definition) is 5. The fourth-order valence-corrected chi connectivity index (χ4v) is 5.17. The largest absolute Gasteiger partial charge is 0.374 e. The molecule has 33 heavy (non-hydrogen) atoms. The third kappa shape index (κ3) is 4.44. The number of aliphatic hydroxyl groups excluding tert-OH is 1. The van der Waals surface area contributed by atoms with Crippen LogP contribution in [0.4, 0.5) is 5.69 Å². The summed E-state index contributed by atoms with van der Waals surface area (Å²) in [5.74, 6) is 0.113. The molecule has 0 saturated carbocycles. The Morgan fingerprint density at radius 1 is 1.03 bits per heavy atom. The van der Waals surface area contributed by atoms with Gasteiger partial charge in [-0.3, -0.25) is 10.1 Å². The Morgan fingerprint density at radius 3 is 2.52 bits per heavy atom. The number of halogens is 1. The molecule has 1 amide bonds. The summed E-state index contributed by atoms with van der Waals surface area (Å²) in [6.45, 7) is 3.70. The second-order valence-corrected chi connectivity index (χ2v) is 9.34. The fraction of sp³-hybridized carbons (Fsp3) is 0.346. The lowest BCUT2D eigenvalue weighted by molar-refractivity contribution is -0.125. The number of anilines is 1. The van der Waals surface area contributed by atoms with Gasteiger partial charge in [0.05, 0.1) is 6.67 Å². The highest BCUT2D eigenvalue weighted by atomic mass is 35.5. The number of nitrogens with zero attached hydrogens (tertiary/aromatic N) is 2. The van der Waals surface area contributed by atoms with Gasteiger partial charge >= 0.3 is 0 Å². The van der Waals surface area contributed by atoms with Gasteiger partial charge in [-0.25, -0.2) is 0 Å². The molecular formula is C26H29ClN4O2. The number of carbonyl (C=O) groups excluding carboxylic acids is 1. The number of carbonyl (C=O) groups is 1. The molecule has 0 aromatic heterocycles. The van der Waals surface area contributed by atoms with Crippen molar-refractivity contribution in [2.45, 2.75) is 24.6 Å². The third-order valence-electron chi connectivity index (χ3n) is 7.01. The second-order valence-electron chi connectivity index (χ2n) is 8.90. The minimum atomic E-state index is -0.702. The molecule has 2 heterocycles. The first-order chi connectivity index (χ1) is 16.0. The summed E-state index contributed by atoms with van der Waals surface area (Å²) in [6, 6.07) is 21.9. The SMILES string of the molecule is O=C1NCN(c2ccc(Cl)cc2)C12CCN(CCNC(O)c1ccc3ccccc3c1)CC2. The van der Waals surface area contributed by atoms with Crippen LogP contribution < -0.4 is 15.5 Å². The first-order valence-electron chi connectivity index (χ1n) is 11.5. The van der Waals surface area contributed by atoms with Crippen molar-refractivity contribution in [3.63, 3.8) is 0 Å². The van der Waals surface area contributed by atoms with Crippen molar-refractivity contribution in [1.82, 2.24) is 15.5 Å². The van der Waals surface area contributed by atoms with Crippen molar-refractivity contribution in [1.29, 1.82) is 0 Å². The number of amides is 1. The standard InChI is InChI=1S/C26H29ClN4O2/c27-22-7-9-23(10-8-22)31-18-29-25(33)26(31)11-14-30(15-12-26)16-13-28-24(32)21-6-5-19-3-1-2-4-20(19)17-21/h1-10,17,24,28,32H,11-16,18H2,(H,29,33). The maximum Gasteiger partial charge on any atom is 0.247 e. The minimum Gasteiger partial charge on any atom is -0.374 e. The van der Waals surface area contributed by atoms with E-state index < -0.39 is 11.8 Å². The van der Waals surface area contributed by atoms with Crippen LogP contribution in [0.25, 0.3) is 10.8 Å². The molecule has 7 heteroatoms. The molecule has 0 radical (unpaired) electrons. The molecule has 0 bridgehead atoms. The average Bonchev–Trinajstić information content (AvgIpc) is 3.16. The Hall–Kier alpha value is -2.64. The third-order valence-corrected chi connectivity index (χ3v) is 7.27. The van der Waals surface area contributed by atoms with Gasteiger partial charge in [-0.1, -0.05) is 48.0 Å². The summed E-state index contributed by atoms with van der Waals surface area (Å²) in [5.41, 5.74) is 1.39. The molecular weight excluding hydrogens is 436 g/mol. The summed E-state index contributed by atoms with van der Waals surface area (Å²) in [7, 11) is 0. The number of aliphatic hydroxyl groups is 1. The molecule has 1 spiro atoms. The summed E-state index contributed by atoms with van der Waals surface area (Å²) < 4.78 is 0. The van der Waals surface area contributed by atoms with Gasteiger partial charge < -0.3 is 20.2 Å². The molecule has 1 atom stereocenters. The Kier molecular flexibility index (Phi) is 6.25. The average molecular weight is 465 g/mol. The van der Waals surface area contributed by atoms with Crippen LogP contribution in [0.2, 0.25) is 5.02 Å². The van der Waals surface area contributed by atoms with Crippen LogP contribution in [-0.2, 0) is 4.79 Å². The van der Waals surface area contributed by atoms with Crippen molar-refractivity contribution in [3.8, 4) is 0 Å². The number of benzene rings is 3. The van der Waals surface area contributed by atoms with E-state index >= 15 is 0 Å². The highest BCUT2D eigenvalue weighted by Crippen LogP contribution is 2.36. The molecule has 2 aliphatic heterocycles. The first-order valence-corrected chi connectivity index (χ1v) is 11.9. The van der Waals surface area contributed by atoms with Crippen molar-refractivity contribution in [2.24, 2.45) is 0 Å². The highest BCUT2D eigenvalue weighted by Gasteiger charge is 2.50. The number of fused-ring (bicyclic) bond motifs is 1. The van der Waals surface area contributed by atoms with Crippen LogP contribution in [0.1, 0.15) is 24.6 Å². The lowest BCUT2D eigenvalue weighted by atomic mass is 9.85. The number of nitrogens with one attached hydrogen (secondary N) is 2. The quantitative estimate of drug-likeness (QED) is 0.487. The van der Waals surface area contributed by atoms with Crippen LogP contribution in [0.15, 0.2) is 66.7 Å². The monoisotopic (exact) mass is 464 g/mol. The van der Waals surface area contributed by atoms with Crippen LogP contribution in [-0.4, -0.2) is 54.3 Å². The summed E-state index contributed by atoms with van der Waals surface area (Å²) in [5, 5.41) is 19.8. The van der Waals surface area contributed by atoms with Crippen molar-refractivity contribution in [2.75, 3.05) is 37.7 Å². The number of likely N-dealkylation sites (tertiary alicyclic amines) is 1.